The fourth-order valence-corrected chi connectivity index (χ4v) is 6.78. The van der Waals surface area contributed by atoms with Gasteiger partial charge in [0.15, 0.2) is 11.5 Å². The fraction of sp³-hybridized carbons (Fsp3) is 0.452. The number of ether oxygens (including phenoxy) is 3. The number of hydrogen-bond acceptors (Lipinski definition) is 7. The molecule has 1 N–H and O–H groups in total. The third kappa shape index (κ3) is 6.11. The van der Waals surface area contributed by atoms with Crippen LogP contribution in [0.15, 0.2) is 42.5 Å². The van der Waals surface area contributed by atoms with E-state index < -0.39 is 5.41 Å². The van der Waals surface area contributed by atoms with Gasteiger partial charge in [-0.05, 0) is 42.7 Å². The van der Waals surface area contributed by atoms with Crippen molar-refractivity contribution in [2.75, 3.05) is 44.6 Å². The molecule has 42 heavy (non-hydrogen) atoms. The van der Waals surface area contributed by atoms with Crippen LogP contribution in [0.25, 0.3) is 5.69 Å². The van der Waals surface area contributed by atoms with Crippen molar-refractivity contribution in [3.63, 3.8) is 0 Å². The van der Waals surface area contributed by atoms with Crippen molar-refractivity contribution in [2.24, 2.45) is 0 Å². The van der Waals surface area contributed by atoms with E-state index in [1.807, 2.05) is 36.4 Å². The van der Waals surface area contributed by atoms with Crippen LogP contribution in [-0.4, -0.2) is 67.4 Å². The number of fused-ring (bicyclic) bond motifs is 1. The lowest BCUT2D eigenvalue weighted by molar-refractivity contribution is -0.123. The minimum absolute atomic E-state index is 0.00418. The lowest BCUT2D eigenvalue weighted by atomic mass is 9.87. The summed E-state index contributed by atoms with van der Waals surface area (Å²) in [7, 11) is 3.20. The summed E-state index contributed by atoms with van der Waals surface area (Å²) < 4.78 is 18.5. The maximum absolute atomic E-state index is 13.9. The van der Waals surface area contributed by atoms with Crippen LogP contribution in [0.1, 0.15) is 55.7 Å². The molecule has 2 aromatic carbocycles. The Balaban J connectivity index is 1.68. The van der Waals surface area contributed by atoms with Crippen LogP contribution in [-0.2, 0) is 19.7 Å². The van der Waals surface area contributed by atoms with Crippen LogP contribution >= 0.6 is 23.4 Å². The van der Waals surface area contributed by atoms with E-state index >= 15 is 0 Å². The number of rotatable bonds is 8. The molecule has 9 nitrogen and oxygen atoms in total. The van der Waals surface area contributed by atoms with Gasteiger partial charge in [0.25, 0.3) is 0 Å². The summed E-state index contributed by atoms with van der Waals surface area (Å²) in [6, 6.07) is 13.2. The van der Waals surface area contributed by atoms with Crippen molar-refractivity contribution in [2.45, 2.75) is 50.4 Å². The second-order valence-electron chi connectivity index (χ2n) is 11.4. The normalized spacial score (nSPS) is 18.9. The van der Waals surface area contributed by atoms with Crippen molar-refractivity contribution in [3.8, 4) is 17.2 Å². The molecule has 0 aliphatic carbocycles. The Morgan fingerprint density at radius 2 is 1.93 bits per heavy atom. The summed E-state index contributed by atoms with van der Waals surface area (Å²) in [6.45, 7) is 7.23. The number of amides is 2. The van der Waals surface area contributed by atoms with Crippen LogP contribution in [0.4, 0.5) is 5.82 Å². The van der Waals surface area contributed by atoms with E-state index in [0.717, 1.165) is 29.7 Å². The van der Waals surface area contributed by atoms with Crippen LogP contribution in [0.2, 0.25) is 5.02 Å². The summed E-state index contributed by atoms with van der Waals surface area (Å²) >= 11 is 8.21. The maximum atomic E-state index is 13.9. The third-order valence-electron chi connectivity index (χ3n) is 7.44. The predicted molar refractivity (Wildman–Crippen MR) is 165 cm³/mol. The van der Waals surface area contributed by atoms with Crippen molar-refractivity contribution < 1.29 is 23.8 Å². The molecule has 0 saturated carbocycles. The highest BCUT2D eigenvalue weighted by Gasteiger charge is 2.40. The van der Waals surface area contributed by atoms with Gasteiger partial charge in [-0.1, -0.05) is 50.6 Å². The molecule has 3 heterocycles. The second-order valence-corrected chi connectivity index (χ2v) is 12.9. The molecule has 0 radical (unpaired) electrons. The lowest BCUT2D eigenvalue weighted by Crippen LogP contribution is -2.44. The first-order valence-corrected chi connectivity index (χ1v) is 15.5. The molecule has 11 heteroatoms. The van der Waals surface area contributed by atoms with Gasteiger partial charge in [0.1, 0.15) is 12.4 Å². The van der Waals surface area contributed by atoms with Gasteiger partial charge >= 0.3 is 0 Å². The van der Waals surface area contributed by atoms with Gasteiger partial charge in [-0.3, -0.25) is 14.5 Å². The largest absolute Gasteiger partial charge is 0.493 e. The highest BCUT2D eigenvalue weighted by atomic mass is 35.5. The van der Waals surface area contributed by atoms with Crippen LogP contribution in [0.5, 0.6) is 11.5 Å². The van der Waals surface area contributed by atoms with Gasteiger partial charge in [-0.15, -0.1) is 11.8 Å². The lowest BCUT2D eigenvalue weighted by Gasteiger charge is -2.25. The highest BCUT2D eigenvalue weighted by Crippen LogP contribution is 2.49. The number of aromatic nitrogens is 2. The molecule has 2 amide bonds. The standard InChI is InChI=1S/C31H37ClN4O5S/c1-31(2,3)29-27-28(19-12-13-23(39-4)24(15-19)40-5)42-18-26(38)35(17-25(37)33-16-20-9-8-14-41-20)30(27)36(34-29)22-11-7-6-10-21(22)32/h6-7,10-13,15,20,28H,8-9,14,16-18H2,1-5H3,(H,33,37)/t20-,28-/m0/s1. The fourth-order valence-electron chi connectivity index (χ4n) is 5.38. The number of hydrogen-bond donors (Lipinski definition) is 1. The second kappa shape index (κ2) is 12.6. The van der Waals surface area contributed by atoms with E-state index in [1.165, 1.54) is 11.8 Å². The van der Waals surface area contributed by atoms with E-state index in [9.17, 15) is 9.59 Å². The predicted octanol–water partition coefficient (Wildman–Crippen LogP) is 5.30. The molecule has 5 rings (SSSR count). The third-order valence-corrected chi connectivity index (χ3v) is 9.02. The molecule has 0 spiro atoms. The number of carbonyl (C=O) groups is 2. The Morgan fingerprint density at radius 1 is 1.17 bits per heavy atom. The Labute approximate surface area is 255 Å². The molecule has 2 aliphatic rings. The smallest absolute Gasteiger partial charge is 0.240 e. The first-order valence-electron chi connectivity index (χ1n) is 14.0. The molecule has 0 unspecified atom stereocenters. The van der Waals surface area contributed by atoms with Crippen LogP contribution < -0.4 is 19.7 Å². The van der Waals surface area contributed by atoms with E-state index in [-0.39, 0.29) is 35.5 Å². The van der Waals surface area contributed by atoms with E-state index in [1.54, 1.807) is 29.9 Å². The number of thioether (sulfide) groups is 1. The van der Waals surface area contributed by atoms with Gasteiger partial charge in [0, 0.05) is 24.1 Å². The Bertz CT molecular complexity index is 1460. The van der Waals surface area contributed by atoms with Crippen molar-refractivity contribution >= 4 is 41.0 Å². The number of para-hydroxylation sites is 1. The Hall–Kier alpha value is -3.21. The number of anilines is 1. The van der Waals surface area contributed by atoms with Gasteiger partial charge < -0.3 is 19.5 Å². The molecule has 1 aromatic heterocycles. The number of halogens is 1. The zero-order chi connectivity index (χ0) is 30.0. The summed E-state index contributed by atoms with van der Waals surface area (Å²) in [6.07, 6.45) is 1.89. The molecule has 2 aliphatic heterocycles. The number of nitrogens with zero attached hydrogens (tertiary/aromatic N) is 3. The maximum Gasteiger partial charge on any atom is 0.240 e. The Morgan fingerprint density at radius 3 is 2.60 bits per heavy atom. The van der Waals surface area contributed by atoms with Crippen molar-refractivity contribution in [1.82, 2.24) is 15.1 Å². The zero-order valence-electron chi connectivity index (χ0n) is 24.6. The minimum Gasteiger partial charge on any atom is -0.493 e. The molecule has 1 fully saturated rings. The Kier molecular flexibility index (Phi) is 9.05. The minimum atomic E-state index is -0.396. The summed E-state index contributed by atoms with van der Waals surface area (Å²) in [5.41, 5.74) is 2.83. The molecule has 0 bridgehead atoms. The van der Waals surface area contributed by atoms with Gasteiger partial charge in [-0.25, -0.2) is 4.68 Å². The summed E-state index contributed by atoms with van der Waals surface area (Å²) in [5.74, 6) is 1.46. The molecular formula is C31H37ClN4O5S. The van der Waals surface area contributed by atoms with Crippen LogP contribution in [0.3, 0.4) is 0 Å². The molecule has 224 valence electrons. The summed E-state index contributed by atoms with van der Waals surface area (Å²) in [5, 5.41) is 8.28. The van der Waals surface area contributed by atoms with E-state index in [2.05, 4.69) is 26.1 Å². The van der Waals surface area contributed by atoms with E-state index in [0.29, 0.717) is 41.2 Å². The topological polar surface area (TPSA) is 94.9 Å². The molecule has 1 saturated heterocycles. The average molecular weight is 613 g/mol. The number of carbonyl (C=O) groups excluding carboxylic acids is 2. The highest BCUT2D eigenvalue weighted by molar-refractivity contribution is 8.00. The monoisotopic (exact) mass is 612 g/mol. The van der Waals surface area contributed by atoms with E-state index in [4.69, 9.17) is 30.9 Å². The number of methoxy groups -OCH3 is 2. The molecule has 3 aromatic rings. The van der Waals surface area contributed by atoms with Crippen molar-refractivity contribution in [3.05, 3.63) is 64.3 Å². The van der Waals surface area contributed by atoms with Gasteiger partial charge in [0.2, 0.25) is 11.8 Å². The van der Waals surface area contributed by atoms with Crippen molar-refractivity contribution in [1.29, 1.82) is 0 Å². The SMILES string of the molecule is COc1ccc([C@@H]2SCC(=O)N(CC(=O)NC[C@@H]3CCCO3)c3c2c(C(C)(C)C)nn3-c2ccccc2Cl)cc1OC. The quantitative estimate of drug-likeness (QED) is 0.369. The number of benzene rings is 2. The molecule has 2 atom stereocenters. The average Bonchev–Trinajstić information content (AvgIpc) is 3.61. The summed E-state index contributed by atoms with van der Waals surface area (Å²) in [4.78, 5) is 28.7. The first kappa shape index (κ1) is 30.3. The zero-order valence-corrected chi connectivity index (χ0v) is 26.2. The number of nitrogens with one attached hydrogen (secondary N) is 1. The van der Waals surface area contributed by atoms with Gasteiger partial charge in [0.05, 0.1) is 47.7 Å². The van der Waals surface area contributed by atoms with Gasteiger partial charge in [-0.2, -0.15) is 5.10 Å². The molecular weight excluding hydrogens is 576 g/mol. The first-order chi connectivity index (χ1) is 20.1. The van der Waals surface area contributed by atoms with Crippen LogP contribution in [0, 0.1) is 0 Å².